The van der Waals surface area contributed by atoms with Gasteiger partial charge in [-0.15, -0.1) is 0 Å². The first-order chi connectivity index (χ1) is 8.70. The van der Waals surface area contributed by atoms with Crippen molar-refractivity contribution >= 4 is 0 Å². The van der Waals surface area contributed by atoms with Gasteiger partial charge >= 0.3 is 0 Å². The summed E-state index contributed by atoms with van der Waals surface area (Å²) >= 11 is 0. The second kappa shape index (κ2) is 13.4. The van der Waals surface area contributed by atoms with Gasteiger partial charge in [0, 0.05) is 12.6 Å². The summed E-state index contributed by atoms with van der Waals surface area (Å²) in [6, 6.07) is 0.690. The molecule has 0 spiro atoms. The van der Waals surface area contributed by atoms with Gasteiger partial charge in [0.05, 0.1) is 0 Å². The van der Waals surface area contributed by atoms with Crippen molar-refractivity contribution < 1.29 is 0 Å². The van der Waals surface area contributed by atoms with Crippen LogP contribution in [0.1, 0.15) is 71.6 Å². The highest BCUT2D eigenvalue weighted by atomic mass is 15.1. The van der Waals surface area contributed by atoms with Crippen molar-refractivity contribution in [2.45, 2.75) is 77.7 Å². The molecule has 0 aromatic heterocycles. The molecule has 0 rings (SSSR count). The molecule has 2 heteroatoms. The highest BCUT2D eigenvalue weighted by Gasteiger charge is 2.08. The SMILES string of the molecule is CCCCCCCCCC(CN(C)C)NCCC. The van der Waals surface area contributed by atoms with E-state index >= 15 is 0 Å². The quantitative estimate of drug-likeness (QED) is 0.500. The van der Waals surface area contributed by atoms with Crippen molar-refractivity contribution in [3.05, 3.63) is 0 Å². The smallest absolute Gasteiger partial charge is 0.0194 e. The molecular weight excluding hydrogens is 220 g/mol. The molecule has 0 heterocycles. The van der Waals surface area contributed by atoms with Crippen molar-refractivity contribution in [3.63, 3.8) is 0 Å². The Bertz CT molecular complexity index is 157. The Balaban J connectivity index is 3.49. The van der Waals surface area contributed by atoms with Gasteiger partial charge in [-0.05, 0) is 33.5 Å². The first-order valence-electron chi connectivity index (χ1n) is 8.08. The maximum absolute atomic E-state index is 3.67. The zero-order valence-corrected chi connectivity index (χ0v) is 13.3. The number of nitrogens with one attached hydrogen (secondary N) is 1. The highest BCUT2D eigenvalue weighted by Crippen LogP contribution is 2.10. The maximum Gasteiger partial charge on any atom is 0.0194 e. The van der Waals surface area contributed by atoms with E-state index in [-0.39, 0.29) is 0 Å². The predicted molar refractivity (Wildman–Crippen MR) is 83.2 cm³/mol. The van der Waals surface area contributed by atoms with E-state index in [1.807, 2.05) is 0 Å². The summed E-state index contributed by atoms with van der Waals surface area (Å²) in [6.07, 6.45) is 12.5. The van der Waals surface area contributed by atoms with E-state index in [4.69, 9.17) is 0 Å². The normalized spacial score (nSPS) is 13.2. The third-order valence-electron chi connectivity index (χ3n) is 3.42. The van der Waals surface area contributed by atoms with Gasteiger partial charge in [0.15, 0.2) is 0 Å². The van der Waals surface area contributed by atoms with Crippen LogP contribution in [0.2, 0.25) is 0 Å². The number of hydrogen-bond acceptors (Lipinski definition) is 2. The molecule has 0 aromatic rings. The fraction of sp³-hybridized carbons (Fsp3) is 1.00. The van der Waals surface area contributed by atoms with E-state index in [1.54, 1.807) is 0 Å². The van der Waals surface area contributed by atoms with Gasteiger partial charge in [-0.3, -0.25) is 0 Å². The minimum absolute atomic E-state index is 0.690. The van der Waals surface area contributed by atoms with Gasteiger partial charge < -0.3 is 10.2 Å². The molecule has 1 N–H and O–H groups in total. The van der Waals surface area contributed by atoms with E-state index in [2.05, 4.69) is 38.2 Å². The second-order valence-corrected chi connectivity index (χ2v) is 5.82. The standard InChI is InChI=1S/C16H36N2/c1-5-7-8-9-10-11-12-13-16(15-18(3)4)17-14-6-2/h16-17H,5-15H2,1-4H3. The zero-order chi connectivity index (χ0) is 13.6. The summed E-state index contributed by atoms with van der Waals surface area (Å²) < 4.78 is 0. The van der Waals surface area contributed by atoms with Crippen molar-refractivity contribution in [1.29, 1.82) is 0 Å². The van der Waals surface area contributed by atoms with Crippen LogP contribution in [-0.4, -0.2) is 38.1 Å². The average Bonchev–Trinajstić information content (AvgIpc) is 2.34. The van der Waals surface area contributed by atoms with Gasteiger partial charge in [0.2, 0.25) is 0 Å². The van der Waals surface area contributed by atoms with Gasteiger partial charge in [-0.1, -0.05) is 58.8 Å². The van der Waals surface area contributed by atoms with Gasteiger partial charge in [-0.25, -0.2) is 0 Å². The molecule has 0 bridgehead atoms. The molecule has 0 saturated carbocycles. The van der Waals surface area contributed by atoms with Crippen LogP contribution in [0.5, 0.6) is 0 Å². The van der Waals surface area contributed by atoms with Crippen molar-refractivity contribution in [1.82, 2.24) is 10.2 Å². The fourth-order valence-corrected chi connectivity index (χ4v) is 2.39. The Hall–Kier alpha value is -0.0800. The highest BCUT2D eigenvalue weighted by molar-refractivity contribution is 4.69. The summed E-state index contributed by atoms with van der Waals surface area (Å²) in [6.45, 7) is 6.86. The summed E-state index contributed by atoms with van der Waals surface area (Å²) in [4.78, 5) is 2.30. The van der Waals surface area contributed by atoms with Crippen LogP contribution < -0.4 is 5.32 Å². The maximum atomic E-state index is 3.67. The summed E-state index contributed by atoms with van der Waals surface area (Å²) in [5.74, 6) is 0. The Morgan fingerprint density at radius 3 is 2.00 bits per heavy atom. The third kappa shape index (κ3) is 12.4. The number of likely N-dealkylation sites (N-methyl/N-ethyl adjacent to an activating group) is 1. The largest absolute Gasteiger partial charge is 0.313 e. The monoisotopic (exact) mass is 256 g/mol. The molecule has 0 fully saturated rings. The van der Waals surface area contributed by atoms with Crippen molar-refractivity contribution in [2.24, 2.45) is 0 Å². The molecule has 18 heavy (non-hydrogen) atoms. The first-order valence-corrected chi connectivity index (χ1v) is 8.08. The molecular formula is C16H36N2. The van der Waals surface area contributed by atoms with Gasteiger partial charge in [-0.2, -0.15) is 0 Å². The van der Waals surface area contributed by atoms with Crippen LogP contribution in [0, 0.1) is 0 Å². The van der Waals surface area contributed by atoms with Crippen molar-refractivity contribution in [3.8, 4) is 0 Å². The lowest BCUT2D eigenvalue weighted by molar-refractivity contribution is 0.320. The van der Waals surface area contributed by atoms with Gasteiger partial charge in [0.1, 0.15) is 0 Å². The Morgan fingerprint density at radius 1 is 0.833 bits per heavy atom. The number of nitrogens with zero attached hydrogens (tertiary/aromatic N) is 1. The minimum Gasteiger partial charge on any atom is -0.313 e. The minimum atomic E-state index is 0.690. The second-order valence-electron chi connectivity index (χ2n) is 5.82. The number of unbranched alkanes of at least 4 members (excludes halogenated alkanes) is 6. The molecule has 1 unspecified atom stereocenters. The molecule has 0 amide bonds. The Kier molecular flexibility index (Phi) is 13.3. The van der Waals surface area contributed by atoms with Gasteiger partial charge in [0.25, 0.3) is 0 Å². The van der Waals surface area contributed by atoms with E-state index in [0.717, 1.165) is 6.54 Å². The van der Waals surface area contributed by atoms with E-state index in [0.29, 0.717) is 6.04 Å². The van der Waals surface area contributed by atoms with Crippen LogP contribution in [0.25, 0.3) is 0 Å². The molecule has 0 aliphatic rings. The predicted octanol–water partition coefficient (Wildman–Crippen LogP) is 4.06. The summed E-state index contributed by atoms with van der Waals surface area (Å²) in [5.41, 5.74) is 0. The van der Waals surface area contributed by atoms with Crippen LogP contribution in [0.15, 0.2) is 0 Å². The number of rotatable bonds is 13. The van der Waals surface area contributed by atoms with E-state index in [1.165, 1.54) is 64.3 Å². The molecule has 0 aromatic carbocycles. The van der Waals surface area contributed by atoms with E-state index < -0.39 is 0 Å². The lowest BCUT2D eigenvalue weighted by Gasteiger charge is -2.22. The first kappa shape index (κ1) is 17.9. The van der Waals surface area contributed by atoms with Crippen LogP contribution in [-0.2, 0) is 0 Å². The molecule has 0 aliphatic heterocycles. The third-order valence-corrected chi connectivity index (χ3v) is 3.42. The Morgan fingerprint density at radius 2 is 1.44 bits per heavy atom. The lowest BCUT2D eigenvalue weighted by atomic mass is 10.0. The number of hydrogen-bond donors (Lipinski definition) is 1. The zero-order valence-electron chi connectivity index (χ0n) is 13.3. The molecule has 1 atom stereocenters. The molecule has 0 saturated heterocycles. The summed E-state index contributed by atoms with van der Waals surface area (Å²) in [7, 11) is 4.34. The van der Waals surface area contributed by atoms with E-state index in [9.17, 15) is 0 Å². The average molecular weight is 256 g/mol. The molecule has 110 valence electrons. The topological polar surface area (TPSA) is 15.3 Å². The van der Waals surface area contributed by atoms with Crippen LogP contribution >= 0.6 is 0 Å². The fourth-order valence-electron chi connectivity index (χ4n) is 2.39. The Labute approximate surface area is 116 Å². The molecule has 0 radical (unpaired) electrons. The van der Waals surface area contributed by atoms with Crippen molar-refractivity contribution in [2.75, 3.05) is 27.2 Å². The van der Waals surface area contributed by atoms with Crippen LogP contribution in [0.4, 0.5) is 0 Å². The molecule has 2 nitrogen and oxygen atoms in total. The lowest BCUT2D eigenvalue weighted by Crippen LogP contribution is -2.38. The van der Waals surface area contributed by atoms with Crippen LogP contribution in [0.3, 0.4) is 0 Å². The molecule has 0 aliphatic carbocycles. The summed E-state index contributed by atoms with van der Waals surface area (Å²) in [5, 5.41) is 3.67.